The summed E-state index contributed by atoms with van der Waals surface area (Å²) in [5.41, 5.74) is 0.508. The van der Waals surface area contributed by atoms with Gasteiger partial charge in [-0.3, -0.25) is 0 Å². The van der Waals surface area contributed by atoms with Gasteiger partial charge >= 0.3 is 15.3 Å². The fourth-order valence-corrected chi connectivity index (χ4v) is 6.57. The van der Waals surface area contributed by atoms with Crippen molar-refractivity contribution < 1.29 is 23.5 Å². The zero-order chi connectivity index (χ0) is 25.6. The molecule has 1 aliphatic rings. The summed E-state index contributed by atoms with van der Waals surface area (Å²) < 4.78 is 16.6. The fourth-order valence-electron chi connectivity index (χ4n) is 3.93. The van der Waals surface area contributed by atoms with Crippen molar-refractivity contribution in [2.24, 2.45) is 0 Å². The lowest BCUT2D eigenvalue weighted by Crippen LogP contribution is -2.44. The first-order valence-corrected chi connectivity index (χ1v) is 14.3. The Balaban J connectivity index is 0.000000158. The van der Waals surface area contributed by atoms with Crippen molar-refractivity contribution >= 4 is 50.4 Å². The molecule has 184 valence electrons. The molecule has 37 heavy (non-hydrogen) atoms. The zero-order valence-electron chi connectivity index (χ0n) is 20.1. The number of hydrogen-bond acceptors (Lipinski definition) is 5. The highest BCUT2D eigenvalue weighted by Crippen LogP contribution is 2.30. The first-order valence-electron chi connectivity index (χ1n) is 11.7. The highest BCUT2D eigenvalue weighted by molar-refractivity contribution is 7.55. The Labute approximate surface area is 218 Å². The molecule has 0 saturated carbocycles. The number of methoxy groups -OCH3 is 1. The number of carbonyl (C=O) groups is 1. The van der Waals surface area contributed by atoms with Crippen LogP contribution in [-0.2, 0) is 4.43 Å². The average molecular weight is 525 g/mol. The van der Waals surface area contributed by atoms with Gasteiger partial charge in [-0.15, -0.1) is 0 Å². The van der Waals surface area contributed by atoms with Crippen LogP contribution in [0.25, 0.3) is 10.8 Å². The lowest BCUT2D eigenvalue weighted by molar-refractivity contribution is 0.0687. The summed E-state index contributed by atoms with van der Waals surface area (Å²) in [5.74, 6) is 1.55. The quantitative estimate of drug-likeness (QED) is 0.276. The molecule has 2 atom stereocenters. The van der Waals surface area contributed by atoms with Crippen LogP contribution in [0.2, 0.25) is 0 Å². The predicted octanol–water partition coefficient (Wildman–Crippen LogP) is 4.55. The van der Waals surface area contributed by atoms with Gasteiger partial charge < -0.3 is 18.7 Å². The molecular weight excluding hydrogens is 499 g/mol. The maximum absolute atomic E-state index is 12.2. The van der Waals surface area contributed by atoms with E-state index in [1.165, 1.54) is 5.30 Å². The van der Waals surface area contributed by atoms with Gasteiger partial charge in [-0.1, -0.05) is 93.5 Å². The summed E-state index contributed by atoms with van der Waals surface area (Å²) in [6.45, 7) is 0. The number of para-hydroxylation sites is 1. The molecule has 0 radical (unpaired) electrons. The molecule has 0 bridgehead atoms. The van der Waals surface area contributed by atoms with E-state index in [4.69, 9.17) is 13.6 Å². The normalized spacial score (nSPS) is 14.3. The van der Waals surface area contributed by atoms with E-state index in [1.54, 1.807) is 13.2 Å². The number of benzene rings is 5. The number of ether oxygens (including phenoxy) is 1. The van der Waals surface area contributed by atoms with E-state index in [0.717, 1.165) is 27.0 Å². The molecule has 0 fully saturated rings. The van der Waals surface area contributed by atoms with Crippen molar-refractivity contribution in [2.75, 3.05) is 7.11 Å². The van der Waals surface area contributed by atoms with Crippen molar-refractivity contribution in [3.63, 3.8) is 0 Å². The van der Waals surface area contributed by atoms with Gasteiger partial charge in [-0.05, 0) is 46.4 Å². The Morgan fingerprint density at radius 2 is 1.41 bits per heavy atom. The van der Waals surface area contributed by atoms with Gasteiger partial charge in [0.25, 0.3) is 0 Å². The van der Waals surface area contributed by atoms with E-state index >= 15 is 0 Å². The summed E-state index contributed by atoms with van der Waals surface area (Å²) in [5, 5.41) is 14.8. The minimum atomic E-state index is -2.21. The molecule has 1 aliphatic heterocycles. The van der Waals surface area contributed by atoms with Crippen LogP contribution >= 0.6 is 8.58 Å². The summed E-state index contributed by atoms with van der Waals surface area (Å²) >= 11 is 0. The summed E-state index contributed by atoms with van der Waals surface area (Å²) in [6, 6.07) is 36.7. The molecule has 2 unspecified atom stereocenters. The second-order valence-corrected chi connectivity index (χ2v) is 11.5. The van der Waals surface area contributed by atoms with E-state index < -0.39 is 9.28 Å². The van der Waals surface area contributed by atoms with Crippen molar-refractivity contribution in [1.29, 1.82) is 0 Å². The van der Waals surface area contributed by atoms with Gasteiger partial charge in [-0.2, -0.15) is 0 Å². The van der Waals surface area contributed by atoms with Crippen LogP contribution in [0.5, 0.6) is 17.2 Å². The van der Waals surface area contributed by atoms with Gasteiger partial charge in [0.15, 0.2) is 0 Å². The number of aromatic hydroxyl groups is 1. The smallest absolute Gasteiger partial charge is 0.481 e. The van der Waals surface area contributed by atoms with Crippen LogP contribution < -0.4 is 25.0 Å². The SMILES string of the molecule is COc1ccc(Pc2ccccc2O)cc1.O=C1O[SiH](c2ccccc2)Oc2cc3ccccc3cc21. The minimum absolute atomic E-state index is 0.289. The first-order chi connectivity index (χ1) is 18.1. The van der Waals surface area contributed by atoms with E-state index in [2.05, 4.69) is 0 Å². The summed E-state index contributed by atoms with van der Waals surface area (Å²) in [6.07, 6.45) is 0. The highest BCUT2D eigenvalue weighted by Gasteiger charge is 2.31. The Bertz CT molecular complexity index is 1520. The van der Waals surface area contributed by atoms with Crippen LogP contribution in [-0.4, -0.2) is 27.5 Å². The van der Waals surface area contributed by atoms with Crippen LogP contribution in [0, 0.1) is 0 Å². The van der Waals surface area contributed by atoms with E-state index in [9.17, 15) is 9.90 Å². The molecular formula is C30H25O5PSi. The summed E-state index contributed by atoms with van der Waals surface area (Å²) in [4.78, 5) is 12.2. The van der Waals surface area contributed by atoms with Gasteiger partial charge in [0.2, 0.25) is 0 Å². The van der Waals surface area contributed by atoms with Crippen molar-refractivity contribution in [3.05, 3.63) is 121 Å². The molecule has 0 saturated heterocycles. The second kappa shape index (κ2) is 11.3. The lowest BCUT2D eigenvalue weighted by Gasteiger charge is -2.25. The molecule has 0 aliphatic carbocycles. The molecule has 6 rings (SSSR count). The van der Waals surface area contributed by atoms with E-state index in [-0.39, 0.29) is 5.97 Å². The van der Waals surface area contributed by atoms with Crippen molar-refractivity contribution in [3.8, 4) is 17.2 Å². The average Bonchev–Trinajstić information content (AvgIpc) is 2.94. The number of phenolic OH excluding ortho intramolecular Hbond substituents is 1. The van der Waals surface area contributed by atoms with E-state index in [1.807, 2.05) is 109 Å². The third kappa shape index (κ3) is 5.83. The standard InChI is InChI=1S/C17H12O3Si.C13H13O2P/c18-17-15-10-12-6-4-5-7-13(12)11-16(15)19-21(20-17)14-8-2-1-3-9-14;1-15-10-6-8-11(9-7-10)16-13-5-3-2-4-12(13)14/h1-11,21H;2-9,14,16H,1H3. The lowest BCUT2D eigenvalue weighted by atomic mass is 10.1. The highest BCUT2D eigenvalue weighted by atomic mass is 31.1. The van der Waals surface area contributed by atoms with Gasteiger partial charge in [-0.25, -0.2) is 4.79 Å². The molecule has 5 nitrogen and oxygen atoms in total. The number of carbonyl (C=O) groups excluding carboxylic acids is 1. The minimum Gasteiger partial charge on any atom is -0.510 e. The molecule has 5 aromatic carbocycles. The van der Waals surface area contributed by atoms with Crippen LogP contribution in [0.15, 0.2) is 115 Å². The maximum atomic E-state index is 12.2. The molecule has 0 spiro atoms. The Hall–Kier alpha value is -4.12. The summed E-state index contributed by atoms with van der Waals surface area (Å²) in [7, 11) is -0.0884. The molecule has 1 N–H and O–H groups in total. The van der Waals surface area contributed by atoms with Crippen molar-refractivity contribution in [2.45, 2.75) is 0 Å². The molecule has 5 aromatic rings. The Kier molecular flexibility index (Phi) is 7.50. The van der Waals surface area contributed by atoms with Crippen LogP contribution in [0.1, 0.15) is 10.4 Å². The topological polar surface area (TPSA) is 65.0 Å². The fraction of sp³-hybridized carbons (Fsp3) is 0.0333. The van der Waals surface area contributed by atoms with Crippen LogP contribution in [0.3, 0.4) is 0 Å². The van der Waals surface area contributed by atoms with Gasteiger partial charge in [0.1, 0.15) is 17.2 Å². The zero-order valence-corrected chi connectivity index (χ0v) is 22.3. The van der Waals surface area contributed by atoms with Crippen molar-refractivity contribution in [1.82, 2.24) is 0 Å². The Morgan fingerprint density at radius 1 is 0.757 bits per heavy atom. The third-order valence-corrected chi connectivity index (χ3v) is 9.00. The monoisotopic (exact) mass is 524 g/mol. The number of hydrogen-bond donors (Lipinski definition) is 1. The Morgan fingerprint density at radius 3 is 2.11 bits per heavy atom. The van der Waals surface area contributed by atoms with E-state index in [0.29, 0.717) is 25.6 Å². The second-order valence-electron chi connectivity index (χ2n) is 8.33. The maximum Gasteiger partial charge on any atom is 0.481 e. The van der Waals surface area contributed by atoms with Gasteiger partial charge in [0.05, 0.1) is 12.7 Å². The number of rotatable bonds is 4. The van der Waals surface area contributed by atoms with Crippen LogP contribution in [0.4, 0.5) is 0 Å². The first kappa shape index (κ1) is 24.6. The largest absolute Gasteiger partial charge is 0.510 e. The molecule has 1 heterocycles. The number of fused-ring (bicyclic) bond motifs is 2. The molecule has 0 amide bonds. The molecule has 0 aromatic heterocycles. The molecule has 7 heteroatoms. The third-order valence-electron chi connectivity index (χ3n) is 5.86. The number of phenols is 1. The van der Waals surface area contributed by atoms with Gasteiger partial charge in [0, 0.05) is 10.5 Å². The predicted molar refractivity (Wildman–Crippen MR) is 152 cm³/mol.